The molecule has 0 fully saturated rings. The molecule has 0 aliphatic rings. The molecule has 1 rings (SSSR count). The minimum Gasteiger partial charge on any atom is -0.481 e. The molecular weight excluding hydrogens is 170 g/mol. The Balaban J connectivity index is 2.99. The fraction of sp³-hybridized carbons (Fsp3) is 0.125. The van der Waals surface area contributed by atoms with Gasteiger partial charge in [0.1, 0.15) is 0 Å². The smallest absolute Gasteiger partial charge is 0.309 e. The molecule has 0 atom stereocenters. The molecular formula is C8H9N3O2. The summed E-state index contributed by atoms with van der Waals surface area (Å²) < 4.78 is 1.52. The van der Waals surface area contributed by atoms with Crippen molar-refractivity contribution in [2.45, 2.75) is 6.42 Å². The van der Waals surface area contributed by atoms with Gasteiger partial charge in [0.2, 0.25) is 5.95 Å². The standard InChI is InChI=1S/C8H9N3O2/c1-3-11-5-6(4-7(12)13)10-8(11)9-2/h3,5H,1-2,4H2,(H,12,13). The molecule has 0 aliphatic carbocycles. The second kappa shape index (κ2) is 3.66. The van der Waals surface area contributed by atoms with Gasteiger partial charge in [-0.05, 0) is 6.72 Å². The number of aromatic nitrogens is 2. The lowest BCUT2D eigenvalue weighted by Crippen LogP contribution is -1.99. The molecule has 0 unspecified atom stereocenters. The largest absolute Gasteiger partial charge is 0.481 e. The Kier molecular flexibility index (Phi) is 2.59. The molecule has 0 saturated heterocycles. The first kappa shape index (κ1) is 9.18. The summed E-state index contributed by atoms with van der Waals surface area (Å²) in [6, 6.07) is 0. The maximum absolute atomic E-state index is 10.3. The first-order valence-corrected chi connectivity index (χ1v) is 3.56. The number of aliphatic imine (C=N–C) groups is 1. The molecule has 1 N–H and O–H groups in total. The molecule has 1 aromatic rings. The van der Waals surface area contributed by atoms with Crippen molar-refractivity contribution in [2.24, 2.45) is 4.99 Å². The van der Waals surface area contributed by atoms with Crippen LogP contribution in [0.5, 0.6) is 0 Å². The fourth-order valence-corrected chi connectivity index (χ4v) is 0.925. The van der Waals surface area contributed by atoms with Crippen LogP contribution in [0.15, 0.2) is 17.8 Å². The first-order valence-electron chi connectivity index (χ1n) is 3.56. The Bertz CT molecular complexity index is 329. The van der Waals surface area contributed by atoms with Gasteiger partial charge in [-0.1, -0.05) is 6.58 Å². The van der Waals surface area contributed by atoms with Gasteiger partial charge in [0.25, 0.3) is 0 Å². The molecule has 5 nitrogen and oxygen atoms in total. The van der Waals surface area contributed by atoms with E-state index in [1.807, 2.05) is 0 Å². The second-order valence-electron chi connectivity index (χ2n) is 2.35. The molecule has 0 aliphatic heterocycles. The van der Waals surface area contributed by atoms with Gasteiger partial charge >= 0.3 is 5.97 Å². The number of hydrogen-bond acceptors (Lipinski definition) is 3. The number of carboxylic acids is 1. The lowest BCUT2D eigenvalue weighted by atomic mass is 10.3. The van der Waals surface area contributed by atoms with E-state index in [0.717, 1.165) is 0 Å². The summed E-state index contributed by atoms with van der Waals surface area (Å²) in [6.45, 7) is 6.82. The van der Waals surface area contributed by atoms with Crippen LogP contribution in [-0.2, 0) is 11.2 Å². The maximum atomic E-state index is 10.3. The molecule has 0 spiro atoms. The van der Waals surface area contributed by atoms with Crippen LogP contribution in [0.3, 0.4) is 0 Å². The normalized spacial score (nSPS) is 9.54. The van der Waals surface area contributed by atoms with Gasteiger partial charge in [-0.3, -0.25) is 9.36 Å². The van der Waals surface area contributed by atoms with Crippen molar-refractivity contribution in [1.82, 2.24) is 9.55 Å². The quantitative estimate of drug-likeness (QED) is 0.699. The number of carboxylic acid groups (broad SMARTS) is 1. The third-order valence-electron chi connectivity index (χ3n) is 1.43. The van der Waals surface area contributed by atoms with Crippen molar-refractivity contribution in [1.29, 1.82) is 0 Å². The van der Waals surface area contributed by atoms with E-state index in [1.165, 1.54) is 10.8 Å². The summed E-state index contributed by atoms with van der Waals surface area (Å²) in [5.41, 5.74) is 0.440. The molecule has 13 heavy (non-hydrogen) atoms. The number of hydrogen-bond donors (Lipinski definition) is 1. The Morgan fingerprint density at radius 2 is 2.54 bits per heavy atom. The fourth-order valence-electron chi connectivity index (χ4n) is 0.925. The highest BCUT2D eigenvalue weighted by Crippen LogP contribution is 2.12. The van der Waals surface area contributed by atoms with Gasteiger partial charge in [-0.2, -0.15) is 0 Å². The van der Waals surface area contributed by atoms with Crippen LogP contribution in [0.4, 0.5) is 5.95 Å². The summed E-state index contributed by atoms with van der Waals surface area (Å²) >= 11 is 0. The zero-order valence-corrected chi connectivity index (χ0v) is 6.97. The number of aliphatic carboxylic acids is 1. The Labute approximate surface area is 75.1 Å². The summed E-state index contributed by atoms with van der Waals surface area (Å²) in [7, 11) is 0. The number of rotatable bonds is 4. The molecule has 0 saturated carbocycles. The van der Waals surface area contributed by atoms with E-state index >= 15 is 0 Å². The van der Waals surface area contributed by atoms with Gasteiger partial charge < -0.3 is 5.11 Å². The van der Waals surface area contributed by atoms with E-state index in [0.29, 0.717) is 11.6 Å². The monoisotopic (exact) mass is 179 g/mol. The lowest BCUT2D eigenvalue weighted by Gasteiger charge is -1.90. The maximum Gasteiger partial charge on any atom is 0.309 e. The van der Waals surface area contributed by atoms with Crippen molar-refractivity contribution in [2.75, 3.05) is 0 Å². The highest BCUT2D eigenvalue weighted by atomic mass is 16.4. The van der Waals surface area contributed by atoms with E-state index in [4.69, 9.17) is 5.11 Å². The van der Waals surface area contributed by atoms with Crippen LogP contribution in [0, 0.1) is 0 Å². The van der Waals surface area contributed by atoms with E-state index in [2.05, 4.69) is 23.3 Å². The van der Waals surface area contributed by atoms with Crippen LogP contribution in [0.25, 0.3) is 6.20 Å². The molecule has 1 aromatic heterocycles. The minimum atomic E-state index is -0.927. The SMILES string of the molecule is C=Cn1cc(CC(=O)O)nc1N=C. The highest BCUT2D eigenvalue weighted by molar-refractivity contribution is 5.69. The van der Waals surface area contributed by atoms with E-state index in [9.17, 15) is 4.79 Å². The highest BCUT2D eigenvalue weighted by Gasteiger charge is 2.07. The van der Waals surface area contributed by atoms with E-state index in [1.54, 1.807) is 6.20 Å². The van der Waals surface area contributed by atoms with Gasteiger partial charge in [0.05, 0.1) is 12.1 Å². The number of carbonyl (C=O) groups is 1. The minimum absolute atomic E-state index is 0.122. The summed E-state index contributed by atoms with van der Waals surface area (Å²) in [5, 5.41) is 8.49. The average Bonchev–Trinajstić information content (AvgIpc) is 2.45. The van der Waals surface area contributed by atoms with E-state index in [-0.39, 0.29) is 6.42 Å². The van der Waals surface area contributed by atoms with Gasteiger partial charge in [0.15, 0.2) is 0 Å². The van der Waals surface area contributed by atoms with Crippen LogP contribution in [0.2, 0.25) is 0 Å². The molecule has 0 aromatic carbocycles. The van der Waals surface area contributed by atoms with Crippen molar-refractivity contribution in [3.63, 3.8) is 0 Å². The predicted octanol–water partition coefficient (Wildman–Crippen LogP) is 0.943. The first-order chi connectivity index (χ1) is 6.17. The predicted molar refractivity (Wildman–Crippen MR) is 49.2 cm³/mol. The van der Waals surface area contributed by atoms with Crippen molar-refractivity contribution >= 4 is 24.8 Å². The Morgan fingerprint density at radius 3 is 2.92 bits per heavy atom. The molecule has 5 heteroatoms. The van der Waals surface area contributed by atoms with Gasteiger partial charge in [0, 0.05) is 12.4 Å². The van der Waals surface area contributed by atoms with Crippen LogP contribution >= 0.6 is 0 Å². The number of nitrogens with zero attached hydrogens (tertiary/aromatic N) is 3. The molecule has 0 bridgehead atoms. The summed E-state index contributed by atoms with van der Waals surface area (Å²) in [5.74, 6) is -0.574. The van der Waals surface area contributed by atoms with Crippen LogP contribution in [0.1, 0.15) is 5.69 Å². The van der Waals surface area contributed by atoms with Gasteiger partial charge in [-0.15, -0.1) is 0 Å². The third-order valence-corrected chi connectivity index (χ3v) is 1.43. The average molecular weight is 179 g/mol. The van der Waals surface area contributed by atoms with Crippen molar-refractivity contribution in [3.05, 3.63) is 18.5 Å². The molecule has 1 heterocycles. The summed E-state index contributed by atoms with van der Waals surface area (Å²) in [4.78, 5) is 17.9. The van der Waals surface area contributed by atoms with Gasteiger partial charge in [-0.25, -0.2) is 9.98 Å². The Morgan fingerprint density at radius 1 is 1.85 bits per heavy atom. The zero-order valence-electron chi connectivity index (χ0n) is 6.97. The molecule has 0 radical (unpaired) electrons. The molecule has 0 amide bonds. The van der Waals surface area contributed by atoms with Crippen molar-refractivity contribution in [3.8, 4) is 0 Å². The topological polar surface area (TPSA) is 67.5 Å². The molecule has 68 valence electrons. The Hall–Kier alpha value is -1.91. The van der Waals surface area contributed by atoms with Crippen LogP contribution < -0.4 is 0 Å². The van der Waals surface area contributed by atoms with Crippen molar-refractivity contribution < 1.29 is 9.90 Å². The lowest BCUT2D eigenvalue weighted by molar-refractivity contribution is -0.136. The van der Waals surface area contributed by atoms with Crippen LogP contribution in [-0.4, -0.2) is 27.3 Å². The summed E-state index contributed by atoms with van der Waals surface area (Å²) in [6.07, 6.45) is 2.93. The number of imidazole rings is 1. The third kappa shape index (κ3) is 2.02. The second-order valence-corrected chi connectivity index (χ2v) is 2.35. The van der Waals surface area contributed by atoms with E-state index < -0.39 is 5.97 Å². The zero-order chi connectivity index (χ0) is 9.84.